The largest absolute Gasteiger partial charge is 0.135 e. The van der Waals surface area contributed by atoms with Gasteiger partial charge in [0, 0.05) is 31.5 Å². The van der Waals surface area contributed by atoms with Gasteiger partial charge in [-0.05, 0) is 144 Å². The van der Waals surface area contributed by atoms with Gasteiger partial charge in [0.1, 0.15) is 0 Å². The molecule has 2 aliphatic carbocycles. The molecule has 1 heteroatoms. The standard InChI is InChI=1S/C62H50S/c1-39(54(34-40-16-6-4-7-17-40)44-29-33-60-56(36-44)51-23-14-15-25-59(51)63-60)42-26-32-53-57(37-42)62(2,3)58-38-45(46-20-10-13-24-52(46)61(53)58)28-31-50-48-22-12-11-21-47(48)49-30-27-43(35-55(49)50)41-18-8-5-9-19-41/h4-27,29-30,32-33,35-39,50,54H,28,31,34H2,1-3H3. The summed E-state index contributed by atoms with van der Waals surface area (Å²) in [6.07, 6.45) is 3.07. The molecule has 0 amide bonds. The highest BCUT2D eigenvalue weighted by molar-refractivity contribution is 7.25. The Kier molecular flexibility index (Phi) is 9.13. The monoisotopic (exact) mass is 826 g/mol. The van der Waals surface area contributed by atoms with E-state index < -0.39 is 0 Å². The minimum atomic E-state index is -0.139. The van der Waals surface area contributed by atoms with Crippen molar-refractivity contribution in [2.24, 2.45) is 0 Å². The van der Waals surface area contributed by atoms with Gasteiger partial charge in [-0.1, -0.05) is 191 Å². The molecule has 0 nitrogen and oxygen atoms in total. The summed E-state index contributed by atoms with van der Waals surface area (Å²) in [7, 11) is 0. The van der Waals surface area contributed by atoms with E-state index >= 15 is 0 Å². The summed E-state index contributed by atoms with van der Waals surface area (Å²) in [6, 6.07) is 73.7. The first-order chi connectivity index (χ1) is 30.9. The van der Waals surface area contributed by atoms with Crippen molar-refractivity contribution >= 4 is 42.3 Å². The van der Waals surface area contributed by atoms with E-state index in [4.69, 9.17) is 0 Å². The molecule has 3 unspecified atom stereocenters. The van der Waals surface area contributed by atoms with Gasteiger partial charge in [-0.25, -0.2) is 0 Å². The quantitative estimate of drug-likeness (QED) is 0.136. The zero-order valence-corrected chi connectivity index (χ0v) is 37.1. The van der Waals surface area contributed by atoms with Crippen LogP contribution in [-0.4, -0.2) is 0 Å². The predicted octanol–water partition coefficient (Wildman–Crippen LogP) is 17.1. The maximum absolute atomic E-state index is 2.60. The van der Waals surface area contributed by atoms with Crippen LogP contribution >= 0.6 is 11.3 Å². The maximum Gasteiger partial charge on any atom is 0.0355 e. The van der Waals surface area contributed by atoms with Gasteiger partial charge >= 0.3 is 0 Å². The lowest BCUT2D eigenvalue weighted by Gasteiger charge is -2.28. The van der Waals surface area contributed by atoms with E-state index in [9.17, 15) is 0 Å². The number of thiophene rings is 1. The van der Waals surface area contributed by atoms with Crippen molar-refractivity contribution in [2.75, 3.05) is 0 Å². The number of fused-ring (bicyclic) bond motifs is 11. The van der Waals surface area contributed by atoms with Gasteiger partial charge in [0.15, 0.2) is 0 Å². The van der Waals surface area contributed by atoms with Crippen LogP contribution in [0.15, 0.2) is 194 Å². The summed E-state index contributed by atoms with van der Waals surface area (Å²) in [5, 5.41) is 5.52. The van der Waals surface area contributed by atoms with Crippen LogP contribution < -0.4 is 0 Å². The fraction of sp³-hybridized carbons (Fsp3) is 0.161. The zero-order valence-electron chi connectivity index (χ0n) is 36.2. The molecule has 0 fully saturated rings. The Labute approximate surface area is 375 Å². The Morgan fingerprint density at radius 3 is 2.00 bits per heavy atom. The highest BCUT2D eigenvalue weighted by Gasteiger charge is 2.38. The van der Waals surface area contributed by atoms with Crippen LogP contribution in [0.3, 0.4) is 0 Å². The molecule has 1 aromatic heterocycles. The second-order valence-corrected chi connectivity index (χ2v) is 19.8. The summed E-state index contributed by atoms with van der Waals surface area (Å²) in [5.41, 5.74) is 19.6. The lowest BCUT2D eigenvalue weighted by Crippen LogP contribution is -2.17. The Balaban J connectivity index is 0.909. The summed E-state index contributed by atoms with van der Waals surface area (Å²) < 4.78 is 2.73. The molecule has 0 aliphatic heterocycles. The average molecular weight is 827 g/mol. The van der Waals surface area contributed by atoms with Crippen LogP contribution in [-0.2, 0) is 18.3 Å². The molecule has 304 valence electrons. The average Bonchev–Trinajstić information content (AvgIpc) is 3.94. The molecular weight excluding hydrogens is 777 g/mol. The SMILES string of the molecule is CC(c1ccc2c(c1)C(C)(C)c1cc(CCC3c4ccccc4-c4ccc(-c5ccccc5)cc43)c3ccccc3c1-2)C(Cc1ccccc1)c1ccc2sc3ccccc3c2c1. The van der Waals surface area contributed by atoms with Gasteiger partial charge in [-0.15, -0.1) is 11.3 Å². The molecule has 0 saturated heterocycles. The summed E-state index contributed by atoms with van der Waals surface area (Å²) in [5.74, 6) is 0.982. The third-order valence-electron chi connectivity index (χ3n) is 14.9. The number of aryl methyl sites for hydroxylation is 1. The minimum absolute atomic E-state index is 0.139. The van der Waals surface area contributed by atoms with Crippen LogP contribution in [0.1, 0.15) is 89.5 Å². The fourth-order valence-electron chi connectivity index (χ4n) is 11.6. The van der Waals surface area contributed by atoms with Gasteiger partial charge in [0.05, 0.1) is 0 Å². The van der Waals surface area contributed by atoms with E-state index in [1.807, 2.05) is 11.3 Å². The number of hydrogen-bond acceptors (Lipinski definition) is 1. The van der Waals surface area contributed by atoms with Crippen LogP contribution in [0.4, 0.5) is 0 Å². The van der Waals surface area contributed by atoms with E-state index in [2.05, 4.69) is 215 Å². The second kappa shape index (κ2) is 15.1. The van der Waals surface area contributed by atoms with E-state index in [-0.39, 0.29) is 5.41 Å². The van der Waals surface area contributed by atoms with Crippen molar-refractivity contribution in [1.82, 2.24) is 0 Å². The van der Waals surface area contributed by atoms with Crippen LogP contribution in [0, 0.1) is 0 Å². The highest BCUT2D eigenvalue weighted by Crippen LogP contribution is 2.54. The van der Waals surface area contributed by atoms with Gasteiger partial charge in [-0.2, -0.15) is 0 Å². The molecule has 0 N–H and O–H groups in total. The van der Waals surface area contributed by atoms with Gasteiger partial charge < -0.3 is 0 Å². The first-order valence-electron chi connectivity index (χ1n) is 22.8. The molecule has 10 aromatic rings. The second-order valence-electron chi connectivity index (χ2n) is 18.7. The highest BCUT2D eigenvalue weighted by atomic mass is 32.1. The molecule has 2 aliphatic rings. The first-order valence-corrected chi connectivity index (χ1v) is 23.7. The molecule has 0 bridgehead atoms. The molecule has 3 atom stereocenters. The van der Waals surface area contributed by atoms with Crippen molar-refractivity contribution in [2.45, 2.75) is 63.2 Å². The van der Waals surface area contributed by atoms with Gasteiger partial charge in [0.2, 0.25) is 0 Å². The zero-order chi connectivity index (χ0) is 42.2. The summed E-state index contributed by atoms with van der Waals surface area (Å²) in [4.78, 5) is 0. The predicted molar refractivity (Wildman–Crippen MR) is 270 cm³/mol. The number of rotatable bonds is 9. The normalized spacial score (nSPS) is 15.6. The number of hydrogen-bond donors (Lipinski definition) is 0. The van der Waals surface area contributed by atoms with Gasteiger partial charge in [-0.3, -0.25) is 0 Å². The topological polar surface area (TPSA) is 0 Å². The van der Waals surface area contributed by atoms with Crippen LogP contribution in [0.25, 0.3) is 64.3 Å². The Morgan fingerprint density at radius 1 is 0.492 bits per heavy atom. The van der Waals surface area contributed by atoms with E-state index in [0.29, 0.717) is 17.8 Å². The van der Waals surface area contributed by atoms with Crippen molar-refractivity contribution in [3.05, 3.63) is 239 Å². The van der Waals surface area contributed by atoms with Crippen molar-refractivity contribution in [3.8, 4) is 33.4 Å². The van der Waals surface area contributed by atoms with E-state index in [0.717, 1.165) is 19.3 Å². The Morgan fingerprint density at radius 2 is 1.16 bits per heavy atom. The van der Waals surface area contributed by atoms with Crippen molar-refractivity contribution < 1.29 is 0 Å². The molecular formula is C62H50S. The van der Waals surface area contributed by atoms with Crippen LogP contribution in [0.5, 0.6) is 0 Å². The number of benzene rings is 9. The molecule has 63 heavy (non-hydrogen) atoms. The molecule has 12 rings (SSSR count). The lowest BCUT2D eigenvalue weighted by atomic mass is 9.76. The molecule has 0 spiro atoms. The third-order valence-corrected chi connectivity index (χ3v) is 16.1. The first kappa shape index (κ1) is 38.2. The lowest BCUT2D eigenvalue weighted by molar-refractivity contribution is 0.570. The molecule has 1 heterocycles. The van der Waals surface area contributed by atoms with Crippen molar-refractivity contribution in [3.63, 3.8) is 0 Å². The maximum atomic E-state index is 2.60. The summed E-state index contributed by atoms with van der Waals surface area (Å²) >= 11 is 1.90. The third kappa shape index (κ3) is 6.31. The van der Waals surface area contributed by atoms with Crippen molar-refractivity contribution in [1.29, 1.82) is 0 Å². The van der Waals surface area contributed by atoms with E-state index in [1.165, 1.54) is 109 Å². The summed E-state index contributed by atoms with van der Waals surface area (Å²) in [6.45, 7) is 7.41. The Hall–Kier alpha value is -6.54. The van der Waals surface area contributed by atoms with E-state index in [1.54, 1.807) is 0 Å². The molecule has 0 saturated carbocycles. The molecule has 9 aromatic carbocycles. The smallest absolute Gasteiger partial charge is 0.0355 e. The van der Waals surface area contributed by atoms with Gasteiger partial charge in [0.25, 0.3) is 0 Å². The minimum Gasteiger partial charge on any atom is -0.135 e. The van der Waals surface area contributed by atoms with Crippen LogP contribution in [0.2, 0.25) is 0 Å². The molecule has 0 radical (unpaired) electrons. The Bertz CT molecular complexity index is 3370. The fourth-order valence-corrected chi connectivity index (χ4v) is 12.6.